The Kier molecular flexibility index (Phi) is 5.54. The Morgan fingerprint density at radius 1 is 1.37 bits per heavy atom. The molecule has 3 rings (SSSR count). The average molecular weight is 401 g/mol. The number of nitrogens with zero attached hydrogens (tertiary/aromatic N) is 3. The Bertz CT molecular complexity index is 831. The van der Waals surface area contributed by atoms with Crippen molar-refractivity contribution < 1.29 is 27.5 Å². The summed E-state index contributed by atoms with van der Waals surface area (Å²) in [5.41, 5.74) is 1.00. The van der Waals surface area contributed by atoms with Gasteiger partial charge in [0, 0.05) is 30.8 Å². The molecule has 6 nitrogen and oxygen atoms in total. The molecule has 0 radical (unpaired) electrons. The first-order valence-corrected chi connectivity index (χ1v) is 9.33. The van der Waals surface area contributed by atoms with Crippen LogP contribution in [0.15, 0.2) is 17.5 Å². The molecule has 0 aromatic carbocycles. The third-order valence-corrected chi connectivity index (χ3v) is 5.09. The molecule has 2 aromatic rings. The predicted molar refractivity (Wildman–Crippen MR) is 91.6 cm³/mol. The van der Waals surface area contributed by atoms with E-state index in [9.17, 15) is 22.8 Å². The second kappa shape index (κ2) is 7.71. The fourth-order valence-electron chi connectivity index (χ4n) is 3.00. The number of amides is 1. The van der Waals surface area contributed by atoms with Crippen molar-refractivity contribution in [1.29, 1.82) is 0 Å². The number of hydrogen-bond donors (Lipinski definition) is 0. The van der Waals surface area contributed by atoms with Crippen molar-refractivity contribution in [3.05, 3.63) is 39.3 Å². The van der Waals surface area contributed by atoms with Crippen molar-refractivity contribution in [3.63, 3.8) is 0 Å². The summed E-state index contributed by atoms with van der Waals surface area (Å²) in [5, 5.41) is 5.87. The fourth-order valence-corrected chi connectivity index (χ4v) is 3.69. The van der Waals surface area contributed by atoms with Gasteiger partial charge in [-0.05, 0) is 18.4 Å². The number of ether oxygens (including phenoxy) is 1. The zero-order valence-corrected chi connectivity index (χ0v) is 15.4. The molecule has 3 heterocycles. The zero-order valence-electron chi connectivity index (χ0n) is 14.6. The summed E-state index contributed by atoms with van der Waals surface area (Å²) in [6.45, 7) is 1.86. The maximum absolute atomic E-state index is 12.6. The van der Waals surface area contributed by atoms with Crippen LogP contribution in [-0.2, 0) is 24.2 Å². The van der Waals surface area contributed by atoms with Gasteiger partial charge in [0.2, 0.25) is 0 Å². The second-order valence-electron chi connectivity index (χ2n) is 6.04. The molecule has 2 aromatic heterocycles. The number of alkyl halides is 3. The smallest absolute Gasteiger partial charge is 0.390 e. The lowest BCUT2D eigenvalue weighted by Gasteiger charge is -2.27. The van der Waals surface area contributed by atoms with Crippen molar-refractivity contribution in [2.75, 3.05) is 13.2 Å². The van der Waals surface area contributed by atoms with Crippen LogP contribution in [-0.4, -0.2) is 45.9 Å². The summed E-state index contributed by atoms with van der Waals surface area (Å²) in [5.74, 6) is -0.863. The van der Waals surface area contributed by atoms with Gasteiger partial charge in [-0.3, -0.25) is 9.48 Å². The molecular formula is C17H18F3N3O3S. The number of halogens is 3. The molecule has 0 atom stereocenters. The minimum atomic E-state index is -4.32. The molecule has 0 saturated heterocycles. The number of rotatable bonds is 5. The summed E-state index contributed by atoms with van der Waals surface area (Å²) in [6.07, 6.45) is -5.03. The van der Waals surface area contributed by atoms with Gasteiger partial charge in [-0.1, -0.05) is 6.07 Å². The lowest BCUT2D eigenvalue weighted by molar-refractivity contribution is -0.137. The van der Waals surface area contributed by atoms with Crippen LogP contribution in [0.1, 0.15) is 44.8 Å². The lowest BCUT2D eigenvalue weighted by atomic mass is 10.0. The van der Waals surface area contributed by atoms with Gasteiger partial charge >= 0.3 is 12.1 Å². The highest BCUT2D eigenvalue weighted by Gasteiger charge is 2.33. The third kappa shape index (κ3) is 4.32. The minimum Gasteiger partial charge on any atom is -0.461 e. The largest absolute Gasteiger partial charge is 0.461 e. The third-order valence-electron chi connectivity index (χ3n) is 4.23. The van der Waals surface area contributed by atoms with E-state index in [-0.39, 0.29) is 31.3 Å². The van der Waals surface area contributed by atoms with Gasteiger partial charge in [0.15, 0.2) is 5.69 Å². The Balaban J connectivity index is 1.89. The van der Waals surface area contributed by atoms with Gasteiger partial charge in [-0.15, -0.1) is 11.3 Å². The fraction of sp³-hybridized carbons (Fsp3) is 0.471. The van der Waals surface area contributed by atoms with Crippen LogP contribution in [0.2, 0.25) is 0 Å². The normalized spacial score (nSPS) is 14.1. The highest BCUT2D eigenvalue weighted by atomic mass is 32.1. The molecule has 0 spiro atoms. The second-order valence-corrected chi connectivity index (χ2v) is 6.98. The zero-order chi connectivity index (χ0) is 19.6. The highest BCUT2D eigenvalue weighted by Crippen LogP contribution is 2.27. The van der Waals surface area contributed by atoms with Crippen LogP contribution in [0.4, 0.5) is 13.2 Å². The van der Waals surface area contributed by atoms with E-state index < -0.39 is 18.6 Å². The van der Waals surface area contributed by atoms with Crippen LogP contribution in [0.5, 0.6) is 0 Å². The molecule has 1 aliphatic rings. The molecule has 0 aliphatic carbocycles. The maximum Gasteiger partial charge on any atom is 0.390 e. The molecule has 0 N–H and O–H groups in total. The number of aromatic nitrogens is 2. The number of carbonyl (C=O) groups is 2. The number of esters is 1. The van der Waals surface area contributed by atoms with E-state index >= 15 is 0 Å². The van der Waals surface area contributed by atoms with Gasteiger partial charge in [-0.2, -0.15) is 18.3 Å². The van der Waals surface area contributed by atoms with Crippen molar-refractivity contribution >= 4 is 23.2 Å². The first-order chi connectivity index (χ1) is 12.8. The van der Waals surface area contributed by atoms with Gasteiger partial charge in [0.25, 0.3) is 5.91 Å². The van der Waals surface area contributed by atoms with Crippen LogP contribution in [0.3, 0.4) is 0 Å². The summed E-state index contributed by atoms with van der Waals surface area (Å²) in [4.78, 5) is 26.9. The van der Waals surface area contributed by atoms with Crippen molar-refractivity contribution in [2.24, 2.45) is 0 Å². The summed E-state index contributed by atoms with van der Waals surface area (Å²) < 4.78 is 44.0. The monoisotopic (exact) mass is 401 g/mol. The molecule has 27 heavy (non-hydrogen) atoms. The van der Waals surface area contributed by atoms with Crippen molar-refractivity contribution in [3.8, 4) is 0 Å². The number of fused-ring (bicyclic) bond motifs is 1. The van der Waals surface area contributed by atoms with Crippen LogP contribution >= 0.6 is 11.3 Å². The van der Waals surface area contributed by atoms with E-state index in [0.717, 1.165) is 0 Å². The molecule has 0 fully saturated rings. The minimum absolute atomic E-state index is 0.0160. The standard InChI is InChI=1S/C17H18F3N3O3S/c1-2-26-16(25)14-11-10-22(15(24)13-4-3-9-27-13)7-5-12(11)23(21-14)8-6-17(18,19)20/h3-4,9H,2,5-8,10H2,1H3. The molecular weight excluding hydrogens is 383 g/mol. The predicted octanol–water partition coefficient (Wildman–Crippen LogP) is 3.27. The van der Waals surface area contributed by atoms with Crippen molar-refractivity contribution in [2.45, 2.75) is 39.0 Å². The molecule has 0 saturated carbocycles. The SMILES string of the molecule is CCOC(=O)c1nn(CCC(F)(F)F)c2c1CN(C(=O)c1cccs1)CC2. The quantitative estimate of drug-likeness (QED) is 0.722. The van der Waals surface area contributed by atoms with Crippen molar-refractivity contribution in [1.82, 2.24) is 14.7 Å². The Labute approximate surface area is 157 Å². The molecule has 10 heteroatoms. The Morgan fingerprint density at radius 3 is 2.78 bits per heavy atom. The number of aryl methyl sites for hydroxylation is 1. The van der Waals surface area contributed by atoms with Gasteiger partial charge in [-0.25, -0.2) is 4.79 Å². The maximum atomic E-state index is 12.6. The van der Waals surface area contributed by atoms with Gasteiger partial charge < -0.3 is 9.64 Å². The lowest BCUT2D eigenvalue weighted by Crippen LogP contribution is -2.36. The molecule has 0 bridgehead atoms. The van der Waals surface area contributed by atoms with Gasteiger partial charge in [0.1, 0.15) is 0 Å². The van der Waals surface area contributed by atoms with Crippen LogP contribution < -0.4 is 0 Å². The molecule has 0 unspecified atom stereocenters. The molecule has 1 amide bonds. The molecule has 146 valence electrons. The average Bonchev–Trinajstić information content (AvgIpc) is 3.26. The van der Waals surface area contributed by atoms with E-state index in [0.29, 0.717) is 29.1 Å². The molecule has 1 aliphatic heterocycles. The van der Waals surface area contributed by atoms with Crippen LogP contribution in [0.25, 0.3) is 0 Å². The van der Waals surface area contributed by atoms with Gasteiger partial charge in [0.05, 0.1) is 24.4 Å². The van der Waals surface area contributed by atoms with E-state index in [1.165, 1.54) is 16.0 Å². The number of thiophene rings is 1. The summed E-state index contributed by atoms with van der Waals surface area (Å²) >= 11 is 1.31. The number of hydrogen-bond acceptors (Lipinski definition) is 5. The first kappa shape index (κ1) is 19.4. The summed E-state index contributed by atoms with van der Waals surface area (Å²) in [6, 6.07) is 3.48. The van der Waals surface area contributed by atoms with E-state index in [1.54, 1.807) is 29.3 Å². The Hall–Kier alpha value is -2.36. The topological polar surface area (TPSA) is 64.4 Å². The van der Waals surface area contributed by atoms with E-state index in [2.05, 4.69) is 5.10 Å². The van der Waals surface area contributed by atoms with E-state index in [4.69, 9.17) is 4.74 Å². The van der Waals surface area contributed by atoms with E-state index in [1.807, 2.05) is 0 Å². The Morgan fingerprint density at radius 2 is 2.15 bits per heavy atom. The first-order valence-electron chi connectivity index (χ1n) is 8.45. The number of carbonyl (C=O) groups excluding carboxylic acids is 2. The summed E-state index contributed by atoms with van der Waals surface area (Å²) in [7, 11) is 0. The highest BCUT2D eigenvalue weighted by molar-refractivity contribution is 7.12. The van der Waals surface area contributed by atoms with Crippen LogP contribution in [0, 0.1) is 0 Å².